The lowest BCUT2D eigenvalue weighted by atomic mass is 9.76. The highest BCUT2D eigenvalue weighted by Crippen LogP contribution is 2.35. The molecule has 2 aromatic carbocycles. The van der Waals surface area contributed by atoms with Crippen molar-refractivity contribution in [2.45, 2.75) is 26.7 Å². The fraction of sp³-hybridized carbons (Fsp3) is 0.200. The number of aliphatic carboxylic acids is 2. The summed E-state index contributed by atoms with van der Waals surface area (Å²) in [5.41, 5.74) is 2.23. The summed E-state index contributed by atoms with van der Waals surface area (Å²) in [6.45, 7) is 3.43. The molecule has 6 heteroatoms. The van der Waals surface area contributed by atoms with Crippen LogP contribution in [0.25, 0.3) is 0 Å². The van der Waals surface area contributed by atoms with Gasteiger partial charge in [-0.3, -0.25) is 19.2 Å². The Morgan fingerprint density at radius 2 is 1.04 bits per heavy atom. The lowest BCUT2D eigenvalue weighted by molar-refractivity contribution is -0.137. The van der Waals surface area contributed by atoms with Crippen molar-refractivity contribution in [1.29, 1.82) is 0 Å². The molecule has 0 radical (unpaired) electrons. The third-order valence-corrected chi connectivity index (χ3v) is 4.59. The third-order valence-electron chi connectivity index (χ3n) is 4.59. The van der Waals surface area contributed by atoms with Crippen LogP contribution in [-0.2, 0) is 22.4 Å². The van der Waals surface area contributed by atoms with Crippen LogP contribution in [-0.4, -0.2) is 33.7 Å². The molecule has 0 spiro atoms. The van der Waals surface area contributed by atoms with E-state index in [1.54, 1.807) is 26.0 Å². The SMILES string of the molecule is Cc1ccc(C)c2c1C(=O)c1c(CC(=O)O)ccc(CC(=O)O)c1C2=O. The van der Waals surface area contributed by atoms with Crippen LogP contribution in [0.1, 0.15) is 54.1 Å². The highest BCUT2D eigenvalue weighted by atomic mass is 16.4. The van der Waals surface area contributed by atoms with E-state index in [1.165, 1.54) is 12.1 Å². The van der Waals surface area contributed by atoms with Crippen LogP contribution in [0.4, 0.5) is 0 Å². The summed E-state index contributed by atoms with van der Waals surface area (Å²) < 4.78 is 0. The van der Waals surface area contributed by atoms with Crippen molar-refractivity contribution in [3.05, 3.63) is 68.8 Å². The fourth-order valence-electron chi connectivity index (χ4n) is 3.47. The maximum absolute atomic E-state index is 13.2. The van der Waals surface area contributed by atoms with Gasteiger partial charge in [0, 0.05) is 22.3 Å². The zero-order valence-electron chi connectivity index (χ0n) is 14.3. The number of carbonyl (C=O) groups is 4. The molecule has 2 aromatic rings. The molecule has 0 bridgehead atoms. The number of hydrogen-bond acceptors (Lipinski definition) is 4. The molecule has 2 N–H and O–H groups in total. The second kappa shape index (κ2) is 6.22. The van der Waals surface area contributed by atoms with Crippen LogP contribution in [0, 0.1) is 13.8 Å². The number of carbonyl (C=O) groups excluding carboxylic acids is 2. The molecule has 1 aliphatic carbocycles. The predicted octanol–water partition coefficient (Wildman–Crippen LogP) is 2.33. The second-order valence-corrected chi connectivity index (χ2v) is 6.38. The smallest absolute Gasteiger partial charge is 0.307 e. The Morgan fingerprint density at radius 3 is 1.35 bits per heavy atom. The van der Waals surface area contributed by atoms with E-state index in [2.05, 4.69) is 0 Å². The molecule has 1 aliphatic rings. The molecule has 132 valence electrons. The molecule has 0 amide bonds. The highest BCUT2D eigenvalue weighted by Gasteiger charge is 2.36. The molecule has 0 aromatic heterocycles. The van der Waals surface area contributed by atoms with Crippen molar-refractivity contribution < 1.29 is 29.4 Å². The van der Waals surface area contributed by atoms with Gasteiger partial charge in [0.2, 0.25) is 0 Å². The van der Waals surface area contributed by atoms with Crippen molar-refractivity contribution >= 4 is 23.5 Å². The Hall–Kier alpha value is -3.28. The molecule has 26 heavy (non-hydrogen) atoms. The van der Waals surface area contributed by atoms with Crippen molar-refractivity contribution in [2.24, 2.45) is 0 Å². The van der Waals surface area contributed by atoms with Gasteiger partial charge in [0.25, 0.3) is 0 Å². The maximum Gasteiger partial charge on any atom is 0.307 e. The van der Waals surface area contributed by atoms with Crippen LogP contribution in [0.3, 0.4) is 0 Å². The van der Waals surface area contributed by atoms with Gasteiger partial charge in [-0.05, 0) is 36.1 Å². The van der Waals surface area contributed by atoms with Crippen molar-refractivity contribution in [3.8, 4) is 0 Å². The molecular weight excluding hydrogens is 336 g/mol. The largest absolute Gasteiger partial charge is 0.481 e. The first-order chi connectivity index (χ1) is 12.2. The Labute approximate surface area is 149 Å². The minimum absolute atomic E-state index is 0.0114. The molecule has 0 saturated carbocycles. The van der Waals surface area contributed by atoms with Crippen LogP contribution in [0.5, 0.6) is 0 Å². The molecular formula is C20H16O6. The predicted molar refractivity (Wildman–Crippen MR) is 91.9 cm³/mol. The maximum atomic E-state index is 13.2. The molecule has 0 atom stereocenters. The Bertz CT molecular complexity index is 920. The molecule has 3 rings (SSSR count). The Morgan fingerprint density at radius 1 is 0.692 bits per heavy atom. The summed E-state index contributed by atoms with van der Waals surface area (Å²) >= 11 is 0. The summed E-state index contributed by atoms with van der Waals surface area (Å²) in [4.78, 5) is 48.7. The van der Waals surface area contributed by atoms with Crippen molar-refractivity contribution in [2.75, 3.05) is 0 Å². The number of carboxylic acid groups (broad SMARTS) is 2. The molecule has 0 aliphatic heterocycles. The van der Waals surface area contributed by atoms with E-state index in [1.807, 2.05) is 0 Å². The van der Waals surface area contributed by atoms with Crippen LogP contribution in [0.2, 0.25) is 0 Å². The van der Waals surface area contributed by atoms with Gasteiger partial charge in [-0.25, -0.2) is 0 Å². The van der Waals surface area contributed by atoms with E-state index in [4.69, 9.17) is 10.2 Å². The number of rotatable bonds is 4. The number of hydrogen-bond donors (Lipinski definition) is 2. The number of aryl methyl sites for hydroxylation is 2. The van der Waals surface area contributed by atoms with Crippen LogP contribution in [0.15, 0.2) is 24.3 Å². The summed E-state index contributed by atoms with van der Waals surface area (Å²) in [5, 5.41) is 18.3. The first-order valence-electron chi connectivity index (χ1n) is 8.00. The number of fused-ring (bicyclic) bond motifs is 2. The Balaban J connectivity index is 2.37. The topological polar surface area (TPSA) is 109 Å². The highest BCUT2D eigenvalue weighted by molar-refractivity contribution is 6.30. The molecule has 0 heterocycles. The van der Waals surface area contributed by atoms with Crippen LogP contribution < -0.4 is 0 Å². The third kappa shape index (κ3) is 2.69. The number of benzene rings is 2. The minimum atomic E-state index is -1.13. The Kier molecular flexibility index (Phi) is 4.20. The monoisotopic (exact) mass is 352 g/mol. The summed E-state index contributed by atoms with van der Waals surface area (Å²) in [6.07, 6.45) is -0.843. The second-order valence-electron chi connectivity index (χ2n) is 6.38. The normalized spacial score (nSPS) is 12.5. The van der Waals surface area contributed by atoms with Gasteiger partial charge < -0.3 is 10.2 Å². The first-order valence-corrected chi connectivity index (χ1v) is 8.00. The number of carboxylic acids is 2. The lowest BCUT2D eigenvalue weighted by Gasteiger charge is -2.24. The summed E-state index contributed by atoms with van der Waals surface area (Å²) in [7, 11) is 0. The van der Waals surface area contributed by atoms with E-state index in [0.717, 1.165) is 0 Å². The van der Waals surface area contributed by atoms with E-state index in [0.29, 0.717) is 11.1 Å². The van der Waals surface area contributed by atoms with Gasteiger partial charge >= 0.3 is 11.9 Å². The van der Waals surface area contributed by atoms with Gasteiger partial charge in [0.1, 0.15) is 0 Å². The van der Waals surface area contributed by atoms with Gasteiger partial charge in [-0.1, -0.05) is 24.3 Å². The quantitative estimate of drug-likeness (QED) is 0.746. The van der Waals surface area contributed by atoms with Gasteiger partial charge in [0.05, 0.1) is 12.8 Å². The fourth-order valence-corrected chi connectivity index (χ4v) is 3.47. The van der Waals surface area contributed by atoms with E-state index in [9.17, 15) is 19.2 Å². The zero-order valence-corrected chi connectivity index (χ0v) is 14.3. The minimum Gasteiger partial charge on any atom is -0.481 e. The average Bonchev–Trinajstić information content (AvgIpc) is 2.54. The van der Waals surface area contributed by atoms with Crippen LogP contribution >= 0.6 is 0 Å². The summed E-state index contributed by atoms with van der Waals surface area (Å²) in [5.74, 6) is -3.13. The lowest BCUT2D eigenvalue weighted by Crippen LogP contribution is -2.27. The molecule has 0 saturated heterocycles. The zero-order chi connectivity index (χ0) is 19.2. The average molecular weight is 352 g/mol. The van der Waals surface area contributed by atoms with Crippen molar-refractivity contribution in [1.82, 2.24) is 0 Å². The van der Waals surface area contributed by atoms with Gasteiger partial charge in [0.15, 0.2) is 11.6 Å². The van der Waals surface area contributed by atoms with E-state index < -0.39 is 36.3 Å². The van der Waals surface area contributed by atoms with E-state index >= 15 is 0 Å². The molecule has 6 nitrogen and oxygen atoms in total. The molecule has 0 fully saturated rings. The standard InChI is InChI=1S/C20H16O6/c1-9-3-4-10(2)16-15(9)19(25)17-11(7-13(21)22)5-6-12(8-14(23)24)18(17)20(16)26/h3-6H,7-8H2,1-2H3,(H,21,22)(H,23,24). The van der Waals surface area contributed by atoms with Gasteiger partial charge in [-0.2, -0.15) is 0 Å². The summed E-state index contributed by atoms with van der Waals surface area (Å²) in [6, 6.07) is 6.32. The number of ketones is 2. The van der Waals surface area contributed by atoms with Gasteiger partial charge in [-0.15, -0.1) is 0 Å². The van der Waals surface area contributed by atoms with E-state index in [-0.39, 0.29) is 33.4 Å². The van der Waals surface area contributed by atoms with Crippen molar-refractivity contribution in [3.63, 3.8) is 0 Å². The first kappa shape index (κ1) is 17.5. The molecule has 0 unspecified atom stereocenters.